The van der Waals surface area contributed by atoms with Crippen LogP contribution in [0, 0.1) is 0 Å². The van der Waals surface area contributed by atoms with E-state index in [-0.39, 0.29) is 17.1 Å². The molecular weight excluding hydrogens is 362 g/mol. The lowest BCUT2D eigenvalue weighted by molar-refractivity contribution is 0.0996. The number of rotatable bonds is 6. The fraction of sp³-hybridized carbons (Fsp3) is 0.105. The minimum Gasteiger partial charge on any atom is -0.507 e. The number of phenols is 1. The number of hydrogen-bond acceptors (Lipinski definition) is 5. The zero-order chi connectivity index (χ0) is 20.3. The smallest absolute Gasteiger partial charge is 0.316 e. The second kappa shape index (κ2) is 7.70. The third kappa shape index (κ3) is 3.73. The van der Waals surface area contributed by atoms with E-state index < -0.39 is 11.9 Å². The Labute approximate surface area is 160 Å². The van der Waals surface area contributed by atoms with Gasteiger partial charge >= 0.3 is 6.03 Å². The molecule has 1 heterocycles. The van der Waals surface area contributed by atoms with Crippen molar-refractivity contribution in [2.24, 2.45) is 11.5 Å². The second-order valence-electron chi connectivity index (χ2n) is 5.82. The Hall–Kier alpha value is -4.01. The minimum atomic E-state index is -0.841. The predicted octanol–water partition coefficient (Wildman–Crippen LogP) is 2.23. The number of ether oxygens (including phenoxy) is 1. The van der Waals surface area contributed by atoms with Gasteiger partial charge in [-0.2, -0.15) is 5.10 Å². The summed E-state index contributed by atoms with van der Waals surface area (Å²) in [6, 6.07) is 11.3. The molecule has 0 bridgehead atoms. The molecule has 0 saturated heterocycles. The number of nitrogens with one attached hydrogen (secondary N) is 1. The third-order valence-electron chi connectivity index (χ3n) is 3.93. The lowest BCUT2D eigenvalue weighted by atomic mass is 10.0. The monoisotopic (exact) mass is 381 g/mol. The number of nitrogens with two attached hydrogens (primary N) is 2. The van der Waals surface area contributed by atoms with Crippen LogP contribution in [0.3, 0.4) is 0 Å². The normalized spacial score (nSPS) is 10.5. The first-order valence-electron chi connectivity index (χ1n) is 8.42. The van der Waals surface area contributed by atoms with Gasteiger partial charge in [0, 0.05) is 17.2 Å². The minimum absolute atomic E-state index is 0.0998. The average molecular weight is 381 g/mol. The van der Waals surface area contributed by atoms with Gasteiger partial charge in [0.1, 0.15) is 11.5 Å². The van der Waals surface area contributed by atoms with E-state index in [4.69, 9.17) is 16.2 Å². The molecule has 9 heteroatoms. The van der Waals surface area contributed by atoms with Crippen LogP contribution < -0.4 is 21.5 Å². The fourth-order valence-electron chi connectivity index (χ4n) is 2.76. The van der Waals surface area contributed by atoms with Crippen molar-refractivity contribution in [3.8, 4) is 28.3 Å². The van der Waals surface area contributed by atoms with E-state index in [1.807, 2.05) is 13.0 Å². The standard InChI is InChI=1S/C19H19N5O4/c1-2-28-16-9-11(7-8-13(16)12-5-3-4-6-15(12)25)24-10-14(22-19(21)27)17(23-24)18(20)26/h3-10,25H,2H2,1H3,(H2,20,26)(H3,21,22,27). The van der Waals surface area contributed by atoms with Crippen molar-refractivity contribution in [2.45, 2.75) is 6.92 Å². The van der Waals surface area contributed by atoms with Gasteiger partial charge in [-0.05, 0) is 25.1 Å². The van der Waals surface area contributed by atoms with E-state index in [2.05, 4.69) is 10.4 Å². The topological polar surface area (TPSA) is 145 Å². The number of aromatic nitrogens is 2. The number of phenolic OH excluding ortho intramolecular Hbond substituents is 1. The molecule has 0 radical (unpaired) electrons. The Morgan fingerprint density at radius 1 is 1.18 bits per heavy atom. The zero-order valence-corrected chi connectivity index (χ0v) is 15.0. The molecule has 0 aliphatic carbocycles. The van der Waals surface area contributed by atoms with Crippen LogP contribution in [0.5, 0.6) is 11.5 Å². The van der Waals surface area contributed by atoms with Crippen LogP contribution in [-0.2, 0) is 0 Å². The van der Waals surface area contributed by atoms with E-state index in [1.165, 1.54) is 10.9 Å². The molecule has 0 fully saturated rings. The van der Waals surface area contributed by atoms with Crippen molar-refractivity contribution in [3.63, 3.8) is 0 Å². The van der Waals surface area contributed by atoms with Crippen LogP contribution in [0.2, 0.25) is 0 Å². The van der Waals surface area contributed by atoms with Gasteiger partial charge in [0.05, 0.1) is 24.2 Å². The number of para-hydroxylation sites is 1. The lowest BCUT2D eigenvalue weighted by Crippen LogP contribution is -2.22. The lowest BCUT2D eigenvalue weighted by Gasteiger charge is -2.13. The summed E-state index contributed by atoms with van der Waals surface area (Å²) in [5.41, 5.74) is 12.3. The van der Waals surface area contributed by atoms with Crippen molar-refractivity contribution in [3.05, 3.63) is 54.4 Å². The molecule has 3 rings (SSSR count). The van der Waals surface area contributed by atoms with Gasteiger partial charge < -0.3 is 26.6 Å². The van der Waals surface area contributed by atoms with Gasteiger partial charge in [-0.1, -0.05) is 18.2 Å². The molecule has 28 heavy (non-hydrogen) atoms. The molecule has 0 spiro atoms. The Morgan fingerprint density at radius 2 is 1.93 bits per heavy atom. The molecule has 0 aliphatic heterocycles. The molecule has 1 aromatic heterocycles. The van der Waals surface area contributed by atoms with Crippen LogP contribution in [-0.4, -0.2) is 33.4 Å². The summed E-state index contributed by atoms with van der Waals surface area (Å²) in [6.07, 6.45) is 1.43. The van der Waals surface area contributed by atoms with Crippen molar-refractivity contribution in [1.29, 1.82) is 0 Å². The van der Waals surface area contributed by atoms with Crippen molar-refractivity contribution in [2.75, 3.05) is 11.9 Å². The van der Waals surface area contributed by atoms with Crippen LogP contribution in [0.15, 0.2) is 48.7 Å². The molecule has 9 nitrogen and oxygen atoms in total. The third-order valence-corrected chi connectivity index (χ3v) is 3.93. The highest BCUT2D eigenvalue weighted by molar-refractivity contribution is 6.00. The maximum atomic E-state index is 11.6. The van der Waals surface area contributed by atoms with Crippen LogP contribution in [0.1, 0.15) is 17.4 Å². The summed E-state index contributed by atoms with van der Waals surface area (Å²) in [5, 5.41) is 16.6. The number of urea groups is 1. The van der Waals surface area contributed by atoms with E-state index in [1.54, 1.807) is 36.4 Å². The van der Waals surface area contributed by atoms with Gasteiger partial charge in [-0.3, -0.25) is 4.79 Å². The number of carbonyl (C=O) groups excluding carboxylic acids is 2. The number of nitrogens with zero attached hydrogens (tertiary/aromatic N) is 2. The van der Waals surface area contributed by atoms with Crippen LogP contribution in [0.4, 0.5) is 10.5 Å². The van der Waals surface area contributed by atoms with E-state index in [0.717, 1.165) is 0 Å². The number of amides is 3. The summed E-state index contributed by atoms with van der Waals surface area (Å²) in [6.45, 7) is 2.25. The van der Waals surface area contributed by atoms with E-state index in [9.17, 15) is 14.7 Å². The molecule has 2 aromatic carbocycles. The number of aromatic hydroxyl groups is 1. The maximum absolute atomic E-state index is 11.6. The van der Waals surface area contributed by atoms with Gasteiger partial charge in [0.25, 0.3) is 5.91 Å². The number of benzene rings is 2. The van der Waals surface area contributed by atoms with Gasteiger partial charge in [0.2, 0.25) is 0 Å². The highest BCUT2D eigenvalue weighted by Gasteiger charge is 2.18. The number of anilines is 1. The van der Waals surface area contributed by atoms with Crippen molar-refractivity contribution in [1.82, 2.24) is 9.78 Å². The maximum Gasteiger partial charge on any atom is 0.316 e. The summed E-state index contributed by atoms with van der Waals surface area (Å²) in [5.74, 6) is -0.167. The van der Waals surface area contributed by atoms with Gasteiger partial charge in [-0.25, -0.2) is 9.48 Å². The SMILES string of the molecule is CCOc1cc(-n2cc(NC(N)=O)c(C(N)=O)n2)ccc1-c1ccccc1O. The number of primary amides is 2. The van der Waals surface area contributed by atoms with Crippen LogP contribution in [0.25, 0.3) is 16.8 Å². The number of hydrogen-bond donors (Lipinski definition) is 4. The predicted molar refractivity (Wildman–Crippen MR) is 104 cm³/mol. The Kier molecular flexibility index (Phi) is 5.16. The largest absolute Gasteiger partial charge is 0.507 e. The number of carbonyl (C=O) groups is 2. The van der Waals surface area contributed by atoms with Crippen LogP contribution >= 0.6 is 0 Å². The molecule has 3 aromatic rings. The Morgan fingerprint density at radius 3 is 2.57 bits per heavy atom. The van der Waals surface area contributed by atoms with E-state index >= 15 is 0 Å². The molecule has 6 N–H and O–H groups in total. The quantitative estimate of drug-likeness (QED) is 0.517. The molecule has 144 valence electrons. The van der Waals surface area contributed by atoms with Gasteiger partial charge in [-0.15, -0.1) is 0 Å². The molecule has 0 aliphatic rings. The summed E-state index contributed by atoms with van der Waals surface area (Å²) in [7, 11) is 0. The second-order valence-corrected chi connectivity index (χ2v) is 5.82. The first-order chi connectivity index (χ1) is 13.4. The molecular formula is C19H19N5O4. The Balaban J connectivity index is 2.09. The molecule has 3 amide bonds. The summed E-state index contributed by atoms with van der Waals surface area (Å²) < 4.78 is 7.10. The van der Waals surface area contributed by atoms with Crippen molar-refractivity contribution >= 4 is 17.6 Å². The highest BCUT2D eigenvalue weighted by Crippen LogP contribution is 2.37. The Bertz CT molecular complexity index is 1040. The summed E-state index contributed by atoms with van der Waals surface area (Å²) >= 11 is 0. The van der Waals surface area contributed by atoms with E-state index in [0.29, 0.717) is 29.2 Å². The summed E-state index contributed by atoms with van der Waals surface area (Å²) in [4.78, 5) is 22.7. The van der Waals surface area contributed by atoms with Gasteiger partial charge in [0.15, 0.2) is 5.69 Å². The molecule has 0 saturated carbocycles. The average Bonchev–Trinajstić information content (AvgIpc) is 3.06. The molecule has 0 atom stereocenters. The first-order valence-corrected chi connectivity index (χ1v) is 8.42. The van der Waals surface area contributed by atoms with Crippen molar-refractivity contribution < 1.29 is 19.4 Å². The highest BCUT2D eigenvalue weighted by atomic mass is 16.5. The molecule has 0 unspecified atom stereocenters. The first kappa shape index (κ1) is 18.8. The fourth-order valence-corrected chi connectivity index (χ4v) is 2.76. The zero-order valence-electron chi connectivity index (χ0n) is 15.0.